The molecule has 0 bridgehead atoms. The summed E-state index contributed by atoms with van der Waals surface area (Å²) in [6, 6.07) is 14.9. The third-order valence-electron chi connectivity index (χ3n) is 5.49. The van der Waals surface area contributed by atoms with Gasteiger partial charge < -0.3 is 0 Å². The second-order valence-corrected chi connectivity index (χ2v) is 11.2. The fourth-order valence-corrected chi connectivity index (χ4v) is 4.68. The molecule has 0 spiro atoms. The highest BCUT2D eigenvalue weighted by atomic mass is 32.2. The maximum atomic E-state index is 12.4. The second kappa shape index (κ2) is 7.56. The van der Waals surface area contributed by atoms with Crippen molar-refractivity contribution in [3.05, 3.63) is 70.3 Å². The molecule has 0 aromatic heterocycles. The summed E-state index contributed by atoms with van der Waals surface area (Å²) in [5.74, 6) is 0.114. The van der Waals surface area contributed by atoms with Crippen molar-refractivity contribution in [1.29, 1.82) is 0 Å². The van der Waals surface area contributed by atoms with Crippen LogP contribution in [0.25, 0.3) is 0 Å². The van der Waals surface area contributed by atoms with Crippen molar-refractivity contribution in [3.63, 3.8) is 0 Å². The van der Waals surface area contributed by atoms with Gasteiger partial charge in [0.25, 0.3) is 0 Å². The number of aryl methyl sites for hydroxylation is 3. The minimum Gasteiger partial charge on any atom is -0.228 e. The Balaban J connectivity index is 1.66. The van der Waals surface area contributed by atoms with Gasteiger partial charge in [0.1, 0.15) is 0 Å². The molecule has 0 N–H and O–H groups in total. The predicted octanol–water partition coefficient (Wildman–Crippen LogP) is 5.06. The number of sulfone groups is 1. The van der Waals surface area contributed by atoms with Crippen LogP contribution in [-0.4, -0.2) is 13.2 Å². The zero-order chi connectivity index (χ0) is 18.8. The third-order valence-corrected chi connectivity index (χ3v) is 8.07. The first kappa shape index (κ1) is 19.2. The Morgan fingerprint density at radius 3 is 2.19 bits per heavy atom. The minimum absolute atomic E-state index is 0.114. The monoisotopic (exact) mass is 370 g/mol. The lowest BCUT2D eigenvalue weighted by atomic mass is 9.86. The molecule has 0 saturated carbocycles. The zero-order valence-corrected chi connectivity index (χ0v) is 17.0. The molecule has 0 atom stereocenters. The molecule has 2 aromatic rings. The van der Waals surface area contributed by atoms with E-state index in [1.165, 1.54) is 42.4 Å². The van der Waals surface area contributed by atoms with Gasteiger partial charge in [-0.3, -0.25) is 0 Å². The molecule has 0 aliphatic heterocycles. The van der Waals surface area contributed by atoms with E-state index in [2.05, 4.69) is 30.3 Å². The Bertz CT molecular complexity index is 856. The summed E-state index contributed by atoms with van der Waals surface area (Å²) in [5.41, 5.74) is 6.75. The lowest BCUT2D eigenvalue weighted by molar-refractivity contribution is 0.559. The third kappa shape index (κ3) is 4.37. The van der Waals surface area contributed by atoms with E-state index in [0.717, 1.165) is 18.4 Å². The van der Waals surface area contributed by atoms with Crippen molar-refractivity contribution in [2.75, 3.05) is 0 Å². The molecule has 0 fully saturated rings. The number of hydrogen-bond acceptors (Lipinski definition) is 2. The van der Waals surface area contributed by atoms with Gasteiger partial charge in [0.05, 0.1) is 10.5 Å². The average molecular weight is 371 g/mol. The van der Waals surface area contributed by atoms with Gasteiger partial charge in [-0.1, -0.05) is 42.5 Å². The van der Waals surface area contributed by atoms with E-state index in [1.54, 1.807) is 26.3 Å². The molecule has 26 heavy (non-hydrogen) atoms. The number of rotatable bonds is 5. The highest BCUT2D eigenvalue weighted by Crippen LogP contribution is 2.26. The normalized spacial score (nSPS) is 14.9. The number of fused-ring (bicyclic) bond motifs is 1. The van der Waals surface area contributed by atoms with Crippen LogP contribution in [0.4, 0.5) is 0 Å². The maximum absolute atomic E-state index is 12.4. The van der Waals surface area contributed by atoms with Crippen LogP contribution in [0.3, 0.4) is 0 Å². The lowest BCUT2D eigenvalue weighted by Gasteiger charge is -2.20. The molecular weight excluding hydrogens is 340 g/mol. The van der Waals surface area contributed by atoms with Gasteiger partial charge in [0.15, 0.2) is 9.84 Å². The van der Waals surface area contributed by atoms with E-state index in [4.69, 9.17) is 0 Å². The Morgan fingerprint density at radius 1 is 0.846 bits per heavy atom. The van der Waals surface area contributed by atoms with E-state index >= 15 is 0 Å². The molecule has 1 aliphatic carbocycles. The molecular formula is C23H30O2S. The molecule has 0 unspecified atom stereocenters. The van der Waals surface area contributed by atoms with Crippen LogP contribution in [0.15, 0.2) is 42.5 Å². The Morgan fingerprint density at radius 2 is 1.50 bits per heavy atom. The van der Waals surface area contributed by atoms with Crippen molar-refractivity contribution >= 4 is 9.84 Å². The maximum Gasteiger partial charge on any atom is 0.159 e. The van der Waals surface area contributed by atoms with Gasteiger partial charge >= 0.3 is 0 Å². The summed E-state index contributed by atoms with van der Waals surface area (Å²) in [5, 5.41) is 0. The molecule has 140 valence electrons. The van der Waals surface area contributed by atoms with Crippen molar-refractivity contribution in [2.24, 2.45) is 0 Å². The van der Waals surface area contributed by atoms with Crippen molar-refractivity contribution in [2.45, 2.75) is 69.8 Å². The summed E-state index contributed by atoms with van der Waals surface area (Å²) in [6.07, 6.45) is 7.12. The van der Waals surface area contributed by atoms with Gasteiger partial charge in [-0.2, -0.15) is 0 Å². The first-order valence-corrected chi connectivity index (χ1v) is 11.3. The number of benzene rings is 2. The second-order valence-electron chi connectivity index (χ2n) is 8.45. The van der Waals surface area contributed by atoms with Crippen LogP contribution in [0.2, 0.25) is 0 Å². The highest BCUT2D eigenvalue weighted by molar-refractivity contribution is 7.91. The molecule has 0 saturated heterocycles. The largest absolute Gasteiger partial charge is 0.228 e. The summed E-state index contributed by atoms with van der Waals surface area (Å²) in [6.45, 7) is 5.28. The SMILES string of the molecule is CC(C)(C)S(=O)(=O)Cc1ccc(CCc2cccc3c2CCCC3)cc1. The van der Waals surface area contributed by atoms with E-state index in [1.807, 2.05) is 12.1 Å². The van der Waals surface area contributed by atoms with Crippen LogP contribution < -0.4 is 0 Å². The fourth-order valence-electron chi connectivity index (χ4n) is 3.61. The van der Waals surface area contributed by atoms with Crippen molar-refractivity contribution in [1.82, 2.24) is 0 Å². The Hall–Kier alpha value is -1.61. The van der Waals surface area contributed by atoms with Crippen LogP contribution in [0, 0.1) is 0 Å². The molecule has 3 rings (SSSR count). The smallest absolute Gasteiger partial charge is 0.159 e. The van der Waals surface area contributed by atoms with E-state index in [9.17, 15) is 8.42 Å². The van der Waals surface area contributed by atoms with E-state index in [-0.39, 0.29) is 5.75 Å². The first-order chi connectivity index (χ1) is 12.3. The van der Waals surface area contributed by atoms with Gasteiger partial charge in [-0.25, -0.2) is 8.42 Å². The number of hydrogen-bond donors (Lipinski definition) is 0. The summed E-state index contributed by atoms with van der Waals surface area (Å²) in [4.78, 5) is 0. The van der Waals surface area contributed by atoms with E-state index in [0.29, 0.717) is 0 Å². The molecule has 0 amide bonds. The lowest BCUT2D eigenvalue weighted by Crippen LogP contribution is -2.29. The fraction of sp³-hybridized carbons (Fsp3) is 0.478. The summed E-state index contributed by atoms with van der Waals surface area (Å²) in [7, 11) is -3.13. The zero-order valence-electron chi connectivity index (χ0n) is 16.2. The predicted molar refractivity (Wildman–Crippen MR) is 109 cm³/mol. The Labute approximate surface area is 158 Å². The summed E-state index contributed by atoms with van der Waals surface area (Å²) >= 11 is 0. The van der Waals surface area contributed by atoms with Gasteiger partial charge in [0, 0.05) is 0 Å². The molecule has 2 aromatic carbocycles. The average Bonchev–Trinajstić information content (AvgIpc) is 2.60. The topological polar surface area (TPSA) is 34.1 Å². The van der Waals surface area contributed by atoms with Gasteiger partial charge in [-0.15, -0.1) is 0 Å². The van der Waals surface area contributed by atoms with Crippen molar-refractivity contribution in [3.8, 4) is 0 Å². The molecule has 2 nitrogen and oxygen atoms in total. The minimum atomic E-state index is -3.13. The molecule has 0 heterocycles. The highest BCUT2D eigenvalue weighted by Gasteiger charge is 2.28. The van der Waals surface area contributed by atoms with Gasteiger partial charge in [0.2, 0.25) is 0 Å². The van der Waals surface area contributed by atoms with Crippen LogP contribution in [-0.2, 0) is 41.3 Å². The van der Waals surface area contributed by atoms with Crippen LogP contribution in [0.5, 0.6) is 0 Å². The summed E-state index contributed by atoms with van der Waals surface area (Å²) < 4.78 is 24.0. The van der Waals surface area contributed by atoms with Crippen LogP contribution in [0.1, 0.15) is 61.4 Å². The van der Waals surface area contributed by atoms with Gasteiger partial charge in [-0.05, 0) is 87.1 Å². The molecule has 1 aliphatic rings. The Kier molecular flexibility index (Phi) is 5.57. The quantitative estimate of drug-likeness (QED) is 0.737. The molecule has 3 heteroatoms. The molecule has 0 radical (unpaired) electrons. The van der Waals surface area contributed by atoms with Crippen molar-refractivity contribution < 1.29 is 8.42 Å². The first-order valence-electron chi connectivity index (χ1n) is 9.66. The van der Waals surface area contributed by atoms with E-state index < -0.39 is 14.6 Å². The van der Waals surface area contributed by atoms with Crippen LogP contribution >= 0.6 is 0 Å². The standard InChI is InChI=1S/C23H30O2S/c1-23(2,3)26(24,25)17-19-13-11-18(12-14-19)15-16-21-9-6-8-20-7-4-5-10-22(20)21/h6,8-9,11-14H,4-5,7,10,15-17H2,1-3H3.